The Morgan fingerprint density at radius 1 is 1.60 bits per heavy atom. The zero-order valence-electron chi connectivity index (χ0n) is 11.7. The van der Waals surface area contributed by atoms with Gasteiger partial charge in [0.05, 0.1) is 11.9 Å². The van der Waals surface area contributed by atoms with Crippen LogP contribution in [-0.4, -0.2) is 39.3 Å². The van der Waals surface area contributed by atoms with E-state index in [4.69, 9.17) is 4.52 Å². The van der Waals surface area contributed by atoms with Crippen molar-refractivity contribution >= 4 is 5.91 Å². The zero-order valence-corrected chi connectivity index (χ0v) is 11.7. The van der Waals surface area contributed by atoms with E-state index in [1.54, 1.807) is 6.07 Å². The van der Waals surface area contributed by atoms with Crippen LogP contribution in [0.15, 0.2) is 16.8 Å². The van der Waals surface area contributed by atoms with E-state index in [1.165, 1.54) is 0 Å². The Morgan fingerprint density at radius 3 is 3.10 bits per heavy atom. The Labute approximate surface area is 117 Å². The van der Waals surface area contributed by atoms with Gasteiger partial charge in [0.1, 0.15) is 0 Å². The van der Waals surface area contributed by atoms with Crippen LogP contribution in [-0.2, 0) is 6.42 Å². The molecule has 0 spiro atoms. The van der Waals surface area contributed by atoms with Gasteiger partial charge in [-0.1, -0.05) is 12.1 Å². The third-order valence-corrected chi connectivity index (χ3v) is 3.88. The molecule has 0 radical (unpaired) electrons. The Bertz CT molecular complexity index is 616. The van der Waals surface area contributed by atoms with Crippen LogP contribution in [0.3, 0.4) is 0 Å². The number of rotatable bonds is 3. The highest BCUT2D eigenvalue weighted by Gasteiger charge is 2.31. The summed E-state index contributed by atoms with van der Waals surface area (Å²) in [4.78, 5) is 14.2. The average molecular weight is 274 g/mol. The van der Waals surface area contributed by atoms with Crippen LogP contribution in [0.2, 0.25) is 0 Å². The first-order chi connectivity index (χ1) is 9.69. The van der Waals surface area contributed by atoms with Crippen LogP contribution < -0.4 is 0 Å². The molecule has 1 amide bonds. The monoisotopic (exact) mass is 274 g/mol. The number of carbonyl (C=O) groups excluding carboxylic acids is 1. The van der Waals surface area contributed by atoms with E-state index in [-0.39, 0.29) is 5.91 Å². The maximum Gasteiger partial charge on any atom is 0.292 e. The number of aryl methyl sites for hydroxylation is 2. The minimum atomic E-state index is -0.0723. The maximum atomic E-state index is 12.3. The van der Waals surface area contributed by atoms with E-state index < -0.39 is 0 Å². The summed E-state index contributed by atoms with van der Waals surface area (Å²) >= 11 is 0. The minimum Gasteiger partial charge on any atom is -0.351 e. The summed E-state index contributed by atoms with van der Waals surface area (Å²) in [5.41, 5.74) is 3.10. The second-order valence-corrected chi connectivity index (χ2v) is 5.24. The molecule has 0 aromatic carbocycles. The molecule has 6 nitrogen and oxygen atoms in total. The second-order valence-electron chi connectivity index (χ2n) is 5.24. The Kier molecular flexibility index (Phi) is 3.30. The van der Waals surface area contributed by atoms with E-state index in [1.807, 2.05) is 24.9 Å². The highest BCUT2D eigenvalue weighted by molar-refractivity contribution is 5.91. The van der Waals surface area contributed by atoms with Crippen molar-refractivity contribution in [3.63, 3.8) is 0 Å². The van der Waals surface area contributed by atoms with Crippen molar-refractivity contribution in [1.82, 2.24) is 20.3 Å². The van der Waals surface area contributed by atoms with Gasteiger partial charge in [-0.3, -0.25) is 9.89 Å². The van der Waals surface area contributed by atoms with Crippen molar-refractivity contribution in [2.45, 2.75) is 32.6 Å². The van der Waals surface area contributed by atoms with Crippen LogP contribution in [0, 0.1) is 6.92 Å². The Balaban J connectivity index is 1.71. The Morgan fingerprint density at radius 2 is 2.45 bits per heavy atom. The fraction of sp³-hybridized carbons (Fsp3) is 0.500. The molecule has 0 aliphatic carbocycles. The molecule has 106 valence electrons. The third kappa shape index (κ3) is 2.21. The maximum absolute atomic E-state index is 12.3. The number of nitrogens with one attached hydrogen (secondary N) is 1. The van der Waals surface area contributed by atoms with Crippen molar-refractivity contribution in [3.05, 3.63) is 35.0 Å². The van der Waals surface area contributed by atoms with Crippen molar-refractivity contribution in [3.8, 4) is 0 Å². The fourth-order valence-corrected chi connectivity index (χ4v) is 2.69. The minimum absolute atomic E-state index is 0.0723. The topological polar surface area (TPSA) is 75.0 Å². The first kappa shape index (κ1) is 12.9. The summed E-state index contributed by atoms with van der Waals surface area (Å²) < 4.78 is 5.12. The van der Waals surface area contributed by atoms with E-state index in [2.05, 4.69) is 15.4 Å². The van der Waals surface area contributed by atoms with Gasteiger partial charge < -0.3 is 9.42 Å². The second kappa shape index (κ2) is 5.11. The molecule has 1 aliphatic heterocycles. The number of hydrogen-bond donors (Lipinski definition) is 1. The molecule has 1 aliphatic rings. The number of carbonyl (C=O) groups is 1. The van der Waals surface area contributed by atoms with Crippen LogP contribution in [0.1, 0.15) is 46.8 Å². The lowest BCUT2D eigenvalue weighted by Gasteiger charge is -2.14. The van der Waals surface area contributed by atoms with Gasteiger partial charge in [0, 0.05) is 30.8 Å². The summed E-state index contributed by atoms with van der Waals surface area (Å²) in [6.07, 6.45) is 3.54. The number of aromatic nitrogens is 3. The smallest absolute Gasteiger partial charge is 0.292 e. The molecular formula is C14H18N4O2. The van der Waals surface area contributed by atoms with Crippen LogP contribution >= 0.6 is 0 Å². The van der Waals surface area contributed by atoms with Crippen LogP contribution in [0.4, 0.5) is 0 Å². The highest BCUT2D eigenvalue weighted by atomic mass is 16.5. The quantitative estimate of drug-likeness (QED) is 0.927. The van der Waals surface area contributed by atoms with Gasteiger partial charge in [0.15, 0.2) is 0 Å². The zero-order chi connectivity index (χ0) is 14.1. The van der Waals surface area contributed by atoms with Gasteiger partial charge in [-0.15, -0.1) is 0 Å². The number of likely N-dealkylation sites (tertiary alicyclic amines) is 1. The molecule has 0 bridgehead atoms. The summed E-state index contributed by atoms with van der Waals surface area (Å²) in [7, 11) is 0. The molecule has 0 unspecified atom stereocenters. The van der Waals surface area contributed by atoms with E-state index in [0.29, 0.717) is 18.2 Å². The predicted octanol–water partition coefficient (Wildman–Crippen LogP) is 1.90. The summed E-state index contributed by atoms with van der Waals surface area (Å²) in [6.45, 7) is 5.46. The van der Waals surface area contributed by atoms with E-state index in [9.17, 15) is 4.79 Å². The molecule has 1 N–H and O–H groups in total. The lowest BCUT2D eigenvalue weighted by molar-refractivity contribution is 0.0749. The lowest BCUT2D eigenvalue weighted by Crippen LogP contribution is -2.28. The number of hydrogen-bond acceptors (Lipinski definition) is 4. The molecule has 20 heavy (non-hydrogen) atoms. The molecule has 6 heteroatoms. The highest BCUT2D eigenvalue weighted by Crippen LogP contribution is 2.28. The first-order valence-electron chi connectivity index (χ1n) is 6.93. The van der Waals surface area contributed by atoms with Crippen molar-refractivity contribution in [1.29, 1.82) is 0 Å². The normalized spacial score (nSPS) is 18.7. The number of amides is 1. The lowest BCUT2D eigenvalue weighted by atomic mass is 10.0. The molecule has 1 fully saturated rings. The summed E-state index contributed by atoms with van der Waals surface area (Å²) in [6, 6.07) is 1.73. The van der Waals surface area contributed by atoms with Gasteiger partial charge >= 0.3 is 0 Å². The molecule has 2 aromatic rings. The fourth-order valence-electron chi connectivity index (χ4n) is 2.69. The van der Waals surface area contributed by atoms with Gasteiger partial charge in [-0.05, 0) is 25.3 Å². The Hall–Kier alpha value is -2.11. The molecule has 0 saturated carbocycles. The molecule has 3 heterocycles. The molecule has 3 rings (SSSR count). The van der Waals surface area contributed by atoms with E-state index >= 15 is 0 Å². The van der Waals surface area contributed by atoms with Crippen molar-refractivity contribution in [2.24, 2.45) is 0 Å². The van der Waals surface area contributed by atoms with Gasteiger partial charge in [-0.25, -0.2) is 0 Å². The van der Waals surface area contributed by atoms with Crippen LogP contribution in [0.25, 0.3) is 0 Å². The van der Waals surface area contributed by atoms with E-state index in [0.717, 1.165) is 36.3 Å². The summed E-state index contributed by atoms with van der Waals surface area (Å²) in [5, 5.41) is 11.0. The molecule has 2 aromatic heterocycles. The first-order valence-corrected chi connectivity index (χ1v) is 6.93. The SMILES string of the molecule is CCc1cc(C(=O)N2CC[C@H](c3[nH]ncc3C)C2)on1. The largest absolute Gasteiger partial charge is 0.351 e. The number of H-pyrrole nitrogens is 1. The van der Waals surface area contributed by atoms with Crippen molar-refractivity contribution < 1.29 is 9.32 Å². The summed E-state index contributed by atoms with van der Waals surface area (Å²) in [5.74, 6) is 0.593. The van der Waals surface area contributed by atoms with Gasteiger partial charge in [-0.2, -0.15) is 5.10 Å². The van der Waals surface area contributed by atoms with Crippen molar-refractivity contribution in [2.75, 3.05) is 13.1 Å². The number of nitrogens with zero attached hydrogens (tertiary/aromatic N) is 3. The van der Waals surface area contributed by atoms with Crippen LogP contribution in [0.5, 0.6) is 0 Å². The predicted molar refractivity (Wildman–Crippen MR) is 72.5 cm³/mol. The van der Waals surface area contributed by atoms with Gasteiger partial charge in [0.25, 0.3) is 5.91 Å². The third-order valence-electron chi connectivity index (χ3n) is 3.88. The standard InChI is InChI=1S/C14H18N4O2/c1-3-11-6-12(20-17-11)14(19)18-5-4-10(8-18)13-9(2)7-15-16-13/h6-7,10H,3-5,8H2,1-2H3,(H,15,16)/t10-/m0/s1. The van der Waals surface area contributed by atoms with Gasteiger partial charge in [0.2, 0.25) is 5.76 Å². The average Bonchev–Trinajstić information content (AvgIpc) is 3.17. The number of aromatic amines is 1. The molecule has 1 saturated heterocycles. The molecule has 1 atom stereocenters. The molecular weight excluding hydrogens is 256 g/mol.